The van der Waals surface area contributed by atoms with E-state index in [0.717, 1.165) is 22.0 Å². The lowest BCUT2D eigenvalue weighted by molar-refractivity contribution is -0.384. The fourth-order valence-corrected chi connectivity index (χ4v) is 4.02. The summed E-state index contributed by atoms with van der Waals surface area (Å²) in [7, 11) is 0. The van der Waals surface area contributed by atoms with E-state index in [1.807, 2.05) is 25.1 Å². The van der Waals surface area contributed by atoms with Crippen molar-refractivity contribution in [3.05, 3.63) is 87.5 Å². The van der Waals surface area contributed by atoms with Crippen molar-refractivity contribution in [1.29, 1.82) is 0 Å². The Morgan fingerprint density at radius 2 is 1.61 bits per heavy atom. The van der Waals surface area contributed by atoms with Crippen LogP contribution in [0.5, 0.6) is 0 Å². The van der Waals surface area contributed by atoms with Crippen LogP contribution < -0.4 is 0 Å². The standard InChI is InChI=1S/C26H24N2O5/c1-3-33-26(30)13-12-25(29)19-8-10-23-21(14-19)22-15-20(28(31)32)9-11-24(22)27(23)16-18-6-4-17(2)5-7-18/h4-11,14-15H,3,12-13,16H2,1-2H3. The molecule has 0 aliphatic heterocycles. The zero-order valence-corrected chi connectivity index (χ0v) is 18.5. The predicted octanol–water partition coefficient (Wildman–Crippen LogP) is 5.59. The lowest BCUT2D eigenvalue weighted by Crippen LogP contribution is -2.08. The average Bonchev–Trinajstić information content (AvgIpc) is 3.11. The summed E-state index contributed by atoms with van der Waals surface area (Å²) in [6, 6.07) is 18.4. The first-order valence-corrected chi connectivity index (χ1v) is 10.8. The minimum absolute atomic E-state index is 0.00377. The van der Waals surface area contributed by atoms with E-state index in [1.54, 1.807) is 31.2 Å². The van der Waals surface area contributed by atoms with Gasteiger partial charge in [-0.1, -0.05) is 29.8 Å². The van der Waals surface area contributed by atoms with Gasteiger partial charge in [0.15, 0.2) is 5.78 Å². The Balaban J connectivity index is 1.78. The van der Waals surface area contributed by atoms with Gasteiger partial charge in [0, 0.05) is 52.5 Å². The summed E-state index contributed by atoms with van der Waals surface area (Å²) in [5.41, 5.74) is 4.47. The van der Waals surface area contributed by atoms with Crippen molar-refractivity contribution in [1.82, 2.24) is 4.57 Å². The van der Waals surface area contributed by atoms with Gasteiger partial charge in [-0.25, -0.2) is 0 Å². The Morgan fingerprint density at radius 3 is 2.27 bits per heavy atom. The van der Waals surface area contributed by atoms with Gasteiger partial charge in [-0.15, -0.1) is 0 Å². The minimum Gasteiger partial charge on any atom is -0.466 e. The monoisotopic (exact) mass is 444 g/mol. The molecule has 0 spiro atoms. The van der Waals surface area contributed by atoms with Crippen molar-refractivity contribution >= 4 is 39.2 Å². The van der Waals surface area contributed by atoms with Crippen LogP contribution in [0, 0.1) is 17.0 Å². The molecule has 0 bridgehead atoms. The molecule has 0 amide bonds. The Kier molecular flexibility index (Phi) is 6.22. The molecule has 0 N–H and O–H groups in total. The zero-order valence-electron chi connectivity index (χ0n) is 18.5. The number of aryl methyl sites for hydroxylation is 1. The zero-order chi connectivity index (χ0) is 23.5. The Morgan fingerprint density at radius 1 is 0.939 bits per heavy atom. The molecule has 0 saturated carbocycles. The van der Waals surface area contributed by atoms with Crippen LogP contribution in [0.1, 0.15) is 41.3 Å². The highest BCUT2D eigenvalue weighted by molar-refractivity contribution is 6.11. The molecular weight excluding hydrogens is 420 g/mol. The second-order valence-electron chi connectivity index (χ2n) is 7.99. The second kappa shape index (κ2) is 9.24. The highest BCUT2D eigenvalue weighted by Crippen LogP contribution is 2.33. The SMILES string of the molecule is CCOC(=O)CCC(=O)c1ccc2c(c1)c1cc([N+](=O)[O-])ccc1n2Cc1ccc(C)cc1. The smallest absolute Gasteiger partial charge is 0.306 e. The second-order valence-corrected chi connectivity index (χ2v) is 7.99. The van der Waals surface area contributed by atoms with Crippen LogP contribution in [0.15, 0.2) is 60.7 Å². The first-order valence-electron chi connectivity index (χ1n) is 10.8. The lowest BCUT2D eigenvalue weighted by Gasteiger charge is -2.09. The van der Waals surface area contributed by atoms with Gasteiger partial charge in [0.2, 0.25) is 0 Å². The molecule has 0 aliphatic carbocycles. The third kappa shape index (κ3) is 4.62. The Labute approximate surface area is 190 Å². The quantitative estimate of drug-likeness (QED) is 0.153. The van der Waals surface area contributed by atoms with Crippen LogP contribution in [0.2, 0.25) is 0 Å². The van der Waals surface area contributed by atoms with Gasteiger partial charge in [0.05, 0.1) is 18.0 Å². The molecule has 0 aliphatic rings. The molecule has 1 heterocycles. The number of rotatable bonds is 8. The third-order valence-electron chi connectivity index (χ3n) is 5.70. The van der Waals surface area contributed by atoms with Crippen molar-refractivity contribution in [2.75, 3.05) is 6.61 Å². The molecule has 0 radical (unpaired) electrons. The number of non-ortho nitro benzene ring substituents is 1. The lowest BCUT2D eigenvalue weighted by atomic mass is 10.0. The molecule has 4 rings (SSSR count). The number of hydrogen-bond donors (Lipinski definition) is 0. The molecule has 3 aromatic carbocycles. The van der Waals surface area contributed by atoms with Crippen molar-refractivity contribution in [3.8, 4) is 0 Å². The average molecular weight is 444 g/mol. The van der Waals surface area contributed by atoms with Gasteiger partial charge in [-0.3, -0.25) is 19.7 Å². The Bertz CT molecular complexity index is 1370. The van der Waals surface area contributed by atoms with Crippen LogP contribution in [-0.2, 0) is 16.1 Å². The number of hydrogen-bond acceptors (Lipinski definition) is 5. The van der Waals surface area contributed by atoms with Crippen molar-refractivity contribution < 1.29 is 19.2 Å². The van der Waals surface area contributed by atoms with Crippen molar-refractivity contribution in [3.63, 3.8) is 0 Å². The van der Waals surface area contributed by atoms with E-state index >= 15 is 0 Å². The predicted molar refractivity (Wildman–Crippen MR) is 127 cm³/mol. The topological polar surface area (TPSA) is 91.4 Å². The van der Waals surface area contributed by atoms with Crippen molar-refractivity contribution in [2.45, 2.75) is 33.2 Å². The highest BCUT2D eigenvalue weighted by atomic mass is 16.6. The van der Waals surface area contributed by atoms with E-state index in [2.05, 4.69) is 16.7 Å². The summed E-state index contributed by atoms with van der Waals surface area (Å²) in [4.78, 5) is 35.3. The number of fused-ring (bicyclic) bond motifs is 3. The van der Waals surface area contributed by atoms with Gasteiger partial charge in [0.25, 0.3) is 5.69 Å². The van der Waals surface area contributed by atoms with E-state index in [-0.39, 0.29) is 30.9 Å². The van der Waals surface area contributed by atoms with Gasteiger partial charge in [-0.2, -0.15) is 0 Å². The van der Waals surface area contributed by atoms with E-state index in [0.29, 0.717) is 17.5 Å². The molecule has 0 saturated heterocycles. The molecule has 7 heteroatoms. The van der Waals surface area contributed by atoms with Crippen molar-refractivity contribution in [2.24, 2.45) is 0 Å². The van der Waals surface area contributed by atoms with Crippen LogP contribution in [-0.4, -0.2) is 27.8 Å². The van der Waals surface area contributed by atoms with E-state index in [9.17, 15) is 19.7 Å². The molecule has 7 nitrogen and oxygen atoms in total. The number of nitro benzene ring substituents is 1. The number of carbonyl (C=O) groups is 2. The number of nitrogens with zero attached hydrogens (tertiary/aromatic N) is 2. The number of ketones is 1. The third-order valence-corrected chi connectivity index (χ3v) is 5.70. The van der Waals surface area contributed by atoms with E-state index < -0.39 is 10.9 Å². The fourth-order valence-electron chi connectivity index (χ4n) is 4.02. The van der Waals surface area contributed by atoms with Gasteiger partial charge in [0.1, 0.15) is 0 Å². The van der Waals surface area contributed by atoms with Gasteiger partial charge < -0.3 is 9.30 Å². The number of carbonyl (C=O) groups excluding carboxylic acids is 2. The van der Waals surface area contributed by atoms with Crippen LogP contribution in [0.25, 0.3) is 21.8 Å². The number of ether oxygens (including phenoxy) is 1. The maximum atomic E-state index is 12.7. The molecule has 33 heavy (non-hydrogen) atoms. The molecule has 1 aromatic heterocycles. The normalized spacial score (nSPS) is 11.1. The molecular formula is C26H24N2O5. The van der Waals surface area contributed by atoms with E-state index in [4.69, 9.17) is 4.74 Å². The maximum absolute atomic E-state index is 12.7. The summed E-state index contributed by atoms with van der Waals surface area (Å²) < 4.78 is 7.00. The molecule has 0 fully saturated rings. The number of aromatic nitrogens is 1. The van der Waals surface area contributed by atoms with Crippen LogP contribution >= 0.6 is 0 Å². The number of Topliss-reactive ketones (excluding diaryl/α,β-unsaturated/α-hetero) is 1. The number of benzene rings is 3. The first kappa shape index (κ1) is 22.2. The van der Waals surface area contributed by atoms with Crippen LogP contribution in [0.3, 0.4) is 0 Å². The van der Waals surface area contributed by atoms with Gasteiger partial charge in [-0.05, 0) is 43.7 Å². The molecule has 0 unspecified atom stereocenters. The van der Waals surface area contributed by atoms with Crippen LogP contribution in [0.4, 0.5) is 5.69 Å². The summed E-state index contributed by atoms with van der Waals surface area (Å²) in [6.07, 6.45) is 0.0673. The largest absolute Gasteiger partial charge is 0.466 e. The molecule has 4 aromatic rings. The Hall–Kier alpha value is -4.00. The first-order chi connectivity index (χ1) is 15.9. The number of esters is 1. The summed E-state index contributed by atoms with van der Waals surface area (Å²) in [5, 5.41) is 12.9. The van der Waals surface area contributed by atoms with E-state index in [1.165, 1.54) is 11.6 Å². The summed E-state index contributed by atoms with van der Waals surface area (Å²) in [5.74, 6) is -0.577. The number of nitro groups is 1. The van der Waals surface area contributed by atoms with Gasteiger partial charge >= 0.3 is 5.97 Å². The molecule has 168 valence electrons. The molecule has 0 atom stereocenters. The fraction of sp³-hybridized carbons (Fsp3) is 0.231. The minimum atomic E-state index is -0.420. The maximum Gasteiger partial charge on any atom is 0.306 e. The summed E-state index contributed by atoms with van der Waals surface area (Å²) >= 11 is 0. The summed E-state index contributed by atoms with van der Waals surface area (Å²) in [6.45, 7) is 4.62. The highest BCUT2D eigenvalue weighted by Gasteiger charge is 2.17.